The van der Waals surface area contributed by atoms with Crippen molar-refractivity contribution >= 4 is 11.8 Å². The Hall–Kier alpha value is -3.42. The van der Waals surface area contributed by atoms with Gasteiger partial charge < -0.3 is 14.6 Å². The first-order chi connectivity index (χ1) is 13.6. The van der Waals surface area contributed by atoms with Crippen molar-refractivity contribution in [2.45, 2.75) is 18.9 Å². The number of nitrogens with one attached hydrogen (secondary N) is 2. The molecule has 0 radical (unpaired) electrons. The van der Waals surface area contributed by atoms with E-state index in [9.17, 15) is 14.0 Å². The van der Waals surface area contributed by atoms with E-state index in [0.29, 0.717) is 48.5 Å². The largest absolute Gasteiger partial charge is 0.459 e. The third-order valence-electron chi connectivity index (χ3n) is 4.87. The predicted octanol–water partition coefficient (Wildman–Crippen LogP) is 2.84. The molecule has 1 aliphatic rings. The predicted molar refractivity (Wildman–Crippen MR) is 99.1 cm³/mol. The van der Waals surface area contributed by atoms with Crippen LogP contribution in [-0.4, -0.2) is 46.0 Å². The van der Waals surface area contributed by atoms with Crippen LogP contribution in [0.5, 0.6) is 0 Å². The molecule has 1 aliphatic heterocycles. The summed E-state index contributed by atoms with van der Waals surface area (Å²) in [5, 5.41) is 9.76. The second kappa shape index (κ2) is 7.67. The first kappa shape index (κ1) is 18.0. The molecule has 0 saturated carbocycles. The second-order valence-corrected chi connectivity index (χ2v) is 6.68. The summed E-state index contributed by atoms with van der Waals surface area (Å²) in [6.45, 7) is 1.08. The second-order valence-electron chi connectivity index (χ2n) is 6.68. The SMILES string of the molecule is O=C(NC1CCN(C(=O)c2ccco2)CC1)c1cn[nH]c1-c1ccc(F)cc1. The number of hydrogen-bond acceptors (Lipinski definition) is 4. The zero-order valence-electron chi connectivity index (χ0n) is 15.0. The van der Waals surface area contributed by atoms with Gasteiger partial charge in [-0.1, -0.05) is 0 Å². The molecule has 2 aromatic heterocycles. The highest BCUT2D eigenvalue weighted by Gasteiger charge is 2.27. The van der Waals surface area contributed by atoms with E-state index in [1.165, 1.54) is 24.6 Å². The lowest BCUT2D eigenvalue weighted by molar-refractivity contribution is 0.0667. The lowest BCUT2D eigenvalue weighted by atomic mass is 10.0. The Labute approximate surface area is 160 Å². The molecule has 1 aromatic carbocycles. The number of furan rings is 1. The molecule has 2 amide bonds. The van der Waals surface area contributed by atoms with E-state index in [1.807, 2.05) is 0 Å². The van der Waals surface area contributed by atoms with Gasteiger partial charge in [0.2, 0.25) is 0 Å². The number of aromatic nitrogens is 2. The van der Waals surface area contributed by atoms with E-state index >= 15 is 0 Å². The molecule has 8 heteroatoms. The van der Waals surface area contributed by atoms with E-state index < -0.39 is 0 Å². The van der Waals surface area contributed by atoms with Crippen molar-refractivity contribution < 1.29 is 18.4 Å². The number of hydrogen-bond donors (Lipinski definition) is 2. The average molecular weight is 382 g/mol. The van der Waals surface area contributed by atoms with Gasteiger partial charge in [-0.3, -0.25) is 14.7 Å². The highest BCUT2D eigenvalue weighted by Crippen LogP contribution is 2.22. The van der Waals surface area contributed by atoms with Crippen LogP contribution in [0.25, 0.3) is 11.3 Å². The molecule has 28 heavy (non-hydrogen) atoms. The van der Waals surface area contributed by atoms with Gasteiger partial charge in [0.05, 0.1) is 23.7 Å². The first-order valence-corrected chi connectivity index (χ1v) is 9.05. The number of halogens is 1. The Kier molecular flexibility index (Phi) is 4.92. The number of carbonyl (C=O) groups excluding carboxylic acids is 2. The van der Waals surface area contributed by atoms with Gasteiger partial charge in [0.1, 0.15) is 5.82 Å². The van der Waals surface area contributed by atoms with Gasteiger partial charge in [-0.05, 0) is 49.2 Å². The first-order valence-electron chi connectivity index (χ1n) is 9.05. The Bertz CT molecular complexity index is 958. The number of H-pyrrole nitrogens is 1. The summed E-state index contributed by atoms with van der Waals surface area (Å²) < 4.78 is 18.3. The molecular formula is C20H19FN4O3. The van der Waals surface area contributed by atoms with E-state index in [0.717, 1.165) is 0 Å². The summed E-state index contributed by atoms with van der Waals surface area (Å²) in [5.74, 6) is -0.401. The molecular weight excluding hydrogens is 363 g/mol. The van der Waals surface area contributed by atoms with Crippen molar-refractivity contribution in [1.29, 1.82) is 0 Å². The molecule has 0 bridgehead atoms. The average Bonchev–Trinajstić information content (AvgIpc) is 3.41. The molecule has 0 atom stereocenters. The molecule has 0 spiro atoms. The van der Waals surface area contributed by atoms with Crippen molar-refractivity contribution in [3.05, 3.63) is 66.0 Å². The van der Waals surface area contributed by atoms with Gasteiger partial charge in [0, 0.05) is 24.7 Å². The molecule has 3 heterocycles. The number of piperidine rings is 1. The molecule has 4 rings (SSSR count). The van der Waals surface area contributed by atoms with Crippen LogP contribution in [0.4, 0.5) is 4.39 Å². The number of carbonyl (C=O) groups is 2. The van der Waals surface area contributed by atoms with Gasteiger partial charge in [0.15, 0.2) is 5.76 Å². The Morgan fingerprint density at radius 1 is 1.18 bits per heavy atom. The fraction of sp³-hybridized carbons (Fsp3) is 0.250. The summed E-state index contributed by atoms with van der Waals surface area (Å²) >= 11 is 0. The fourth-order valence-electron chi connectivity index (χ4n) is 3.34. The van der Waals surface area contributed by atoms with E-state index in [2.05, 4.69) is 15.5 Å². The molecule has 144 valence electrons. The number of aromatic amines is 1. The number of nitrogens with zero attached hydrogens (tertiary/aromatic N) is 2. The summed E-state index contributed by atoms with van der Waals surface area (Å²) in [5.41, 5.74) is 1.63. The summed E-state index contributed by atoms with van der Waals surface area (Å²) in [7, 11) is 0. The van der Waals surface area contributed by atoms with Gasteiger partial charge in [-0.15, -0.1) is 0 Å². The minimum atomic E-state index is -0.342. The zero-order valence-corrected chi connectivity index (χ0v) is 15.0. The van der Waals surface area contributed by atoms with Gasteiger partial charge in [-0.25, -0.2) is 4.39 Å². The summed E-state index contributed by atoms with van der Waals surface area (Å²) in [4.78, 5) is 26.7. The minimum Gasteiger partial charge on any atom is -0.459 e. The highest BCUT2D eigenvalue weighted by atomic mass is 19.1. The Morgan fingerprint density at radius 3 is 2.61 bits per heavy atom. The maximum atomic E-state index is 13.1. The number of benzene rings is 1. The fourth-order valence-corrected chi connectivity index (χ4v) is 3.34. The minimum absolute atomic E-state index is 0.0379. The molecule has 0 unspecified atom stereocenters. The molecule has 2 N–H and O–H groups in total. The van der Waals surface area contributed by atoms with Crippen LogP contribution >= 0.6 is 0 Å². The Balaban J connectivity index is 1.37. The third-order valence-corrected chi connectivity index (χ3v) is 4.87. The number of rotatable bonds is 4. The van der Waals surface area contributed by atoms with Crippen molar-refractivity contribution in [2.75, 3.05) is 13.1 Å². The van der Waals surface area contributed by atoms with Crippen molar-refractivity contribution in [2.24, 2.45) is 0 Å². The lowest BCUT2D eigenvalue weighted by Gasteiger charge is -2.31. The van der Waals surface area contributed by atoms with Gasteiger partial charge in [-0.2, -0.15) is 5.10 Å². The van der Waals surface area contributed by atoms with Crippen LogP contribution in [0.15, 0.2) is 53.3 Å². The third kappa shape index (κ3) is 3.66. The zero-order chi connectivity index (χ0) is 19.5. The number of likely N-dealkylation sites (tertiary alicyclic amines) is 1. The molecule has 3 aromatic rings. The lowest BCUT2D eigenvalue weighted by Crippen LogP contribution is -2.46. The van der Waals surface area contributed by atoms with E-state index in [1.54, 1.807) is 29.2 Å². The molecule has 7 nitrogen and oxygen atoms in total. The maximum Gasteiger partial charge on any atom is 0.289 e. The summed E-state index contributed by atoms with van der Waals surface area (Å²) in [6, 6.07) is 9.16. The van der Waals surface area contributed by atoms with Gasteiger partial charge >= 0.3 is 0 Å². The molecule has 1 fully saturated rings. The van der Waals surface area contributed by atoms with Crippen LogP contribution in [0.1, 0.15) is 33.8 Å². The van der Waals surface area contributed by atoms with Crippen molar-refractivity contribution in [3.63, 3.8) is 0 Å². The van der Waals surface area contributed by atoms with Crippen LogP contribution in [0, 0.1) is 5.82 Å². The highest BCUT2D eigenvalue weighted by molar-refractivity contribution is 6.00. The van der Waals surface area contributed by atoms with Gasteiger partial charge in [0.25, 0.3) is 11.8 Å². The van der Waals surface area contributed by atoms with Crippen LogP contribution < -0.4 is 5.32 Å². The van der Waals surface area contributed by atoms with Crippen LogP contribution in [-0.2, 0) is 0 Å². The monoisotopic (exact) mass is 382 g/mol. The number of amides is 2. The topological polar surface area (TPSA) is 91.2 Å². The quantitative estimate of drug-likeness (QED) is 0.726. The van der Waals surface area contributed by atoms with Crippen LogP contribution in [0.2, 0.25) is 0 Å². The van der Waals surface area contributed by atoms with Crippen molar-refractivity contribution in [1.82, 2.24) is 20.4 Å². The van der Waals surface area contributed by atoms with E-state index in [4.69, 9.17) is 4.42 Å². The normalized spacial score (nSPS) is 14.8. The standard InChI is InChI=1S/C20H19FN4O3/c21-14-5-3-13(4-6-14)18-16(12-22-24-18)19(26)23-15-7-9-25(10-8-15)20(27)17-2-1-11-28-17/h1-6,11-12,15H,7-10H2,(H,22,24)(H,23,26). The summed E-state index contributed by atoms with van der Waals surface area (Å²) in [6.07, 6.45) is 4.25. The maximum absolute atomic E-state index is 13.1. The molecule has 0 aliphatic carbocycles. The smallest absolute Gasteiger partial charge is 0.289 e. The van der Waals surface area contributed by atoms with Crippen LogP contribution in [0.3, 0.4) is 0 Å². The molecule has 1 saturated heterocycles. The van der Waals surface area contributed by atoms with E-state index in [-0.39, 0.29) is 23.7 Å². The Morgan fingerprint density at radius 2 is 1.93 bits per heavy atom. The van der Waals surface area contributed by atoms with Crippen molar-refractivity contribution in [3.8, 4) is 11.3 Å².